The summed E-state index contributed by atoms with van der Waals surface area (Å²) in [5, 5.41) is 2.96. The topological polar surface area (TPSA) is 100 Å². The van der Waals surface area contributed by atoms with Crippen molar-refractivity contribution in [1.82, 2.24) is 19.5 Å². The molecule has 0 atom stereocenters. The number of alkyl halides is 2. The lowest BCUT2D eigenvalue weighted by Crippen LogP contribution is -2.25. The summed E-state index contributed by atoms with van der Waals surface area (Å²) in [5.74, 6) is 0.541. The van der Waals surface area contributed by atoms with Crippen LogP contribution in [0.3, 0.4) is 0 Å². The Bertz CT molecular complexity index is 1310. The molecule has 152 valence electrons. The first-order valence-corrected chi connectivity index (χ1v) is 8.74. The minimum Gasteiger partial charge on any atom is -0.395 e. The highest BCUT2D eigenvalue weighted by Gasteiger charge is 2.43. The molecule has 0 aliphatic carbocycles. The van der Waals surface area contributed by atoms with E-state index in [2.05, 4.69) is 29.7 Å². The minimum absolute atomic E-state index is 0.0732. The number of benzene rings is 2. The molecule has 0 amide bonds. The maximum atomic E-state index is 13.8. The number of imidazole rings is 1. The Morgan fingerprint density at radius 2 is 1.80 bits per heavy atom. The molecular weight excluding hydrogens is 401 g/mol. The van der Waals surface area contributed by atoms with E-state index in [1.54, 1.807) is 17.6 Å². The molecule has 2 aromatic heterocycles. The smallest absolute Gasteiger partial charge is 0.395 e. The van der Waals surface area contributed by atoms with Gasteiger partial charge in [-0.1, -0.05) is 0 Å². The number of ether oxygens (including phenoxy) is 2. The Morgan fingerprint density at radius 1 is 1.00 bits per heavy atom. The first-order chi connectivity index (χ1) is 14.3. The second-order valence-electron chi connectivity index (χ2n) is 6.56. The van der Waals surface area contributed by atoms with Crippen molar-refractivity contribution in [2.24, 2.45) is 0 Å². The monoisotopic (exact) mass is 414 g/mol. The van der Waals surface area contributed by atoms with Crippen molar-refractivity contribution < 1.29 is 22.6 Å². The van der Waals surface area contributed by atoms with E-state index in [4.69, 9.17) is 5.73 Å². The van der Waals surface area contributed by atoms with Gasteiger partial charge >= 0.3 is 6.29 Å². The zero-order chi connectivity index (χ0) is 21.0. The van der Waals surface area contributed by atoms with Crippen molar-refractivity contribution in [3.63, 3.8) is 0 Å². The summed E-state index contributed by atoms with van der Waals surface area (Å²) in [4.78, 5) is 13.0. The molecule has 1 aliphatic rings. The fourth-order valence-electron chi connectivity index (χ4n) is 3.21. The number of aryl methyl sites for hydroxylation is 1. The van der Waals surface area contributed by atoms with Gasteiger partial charge in [-0.25, -0.2) is 9.37 Å². The summed E-state index contributed by atoms with van der Waals surface area (Å²) < 4.78 is 50.6. The molecule has 30 heavy (non-hydrogen) atoms. The molecule has 0 saturated heterocycles. The van der Waals surface area contributed by atoms with Gasteiger partial charge in [-0.15, -0.1) is 8.78 Å². The highest BCUT2D eigenvalue weighted by molar-refractivity contribution is 5.78. The van der Waals surface area contributed by atoms with Crippen molar-refractivity contribution in [2.45, 2.75) is 13.2 Å². The molecule has 0 radical (unpaired) electrons. The van der Waals surface area contributed by atoms with Crippen LogP contribution in [0.2, 0.25) is 0 Å². The lowest BCUT2D eigenvalue weighted by Gasteiger charge is -2.11. The van der Waals surface area contributed by atoms with Crippen LogP contribution in [0.1, 0.15) is 5.82 Å². The fourth-order valence-corrected chi connectivity index (χ4v) is 3.21. The van der Waals surface area contributed by atoms with Gasteiger partial charge < -0.3 is 20.5 Å². The molecule has 0 unspecified atom stereocenters. The van der Waals surface area contributed by atoms with Gasteiger partial charge in [0.25, 0.3) is 0 Å². The molecule has 4 aromatic rings. The number of rotatable bonds is 3. The van der Waals surface area contributed by atoms with Crippen LogP contribution >= 0.6 is 0 Å². The Balaban J connectivity index is 1.53. The largest absolute Gasteiger partial charge is 0.586 e. The number of fused-ring (bicyclic) bond motifs is 2. The number of anilines is 3. The van der Waals surface area contributed by atoms with E-state index in [9.17, 15) is 13.2 Å². The molecule has 1 aliphatic heterocycles. The van der Waals surface area contributed by atoms with E-state index in [1.165, 1.54) is 36.4 Å². The quantitative estimate of drug-likeness (QED) is 0.524. The van der Waals surface area contributed by atoms with Crippen LogP contribution in [0, 0.1) is 12.7 Å². The molecule has 8 nitrogen and oxygen atoms in total. The number of aromatic nitrogens is 4. The number of hydrogen-bond donors (Lipinski definition) is 2. The molecule has 0 spiro atoms. The zero-order valence-corrected chi connectivity index (χ0v) is 15.4. The van der Waals surface area contributed by atoms with Crippen molar-refractivity contribution >= 4 is 28.4 Å². The van der Waals surface area contributed by atoms with Crippen LogP contribution in [-0.2, 0) is 0 Å². The normalized spacial score (nSPS) is 14.3. The van der Waals surface area contributed by atoms with E-state index in [0.29, 0.717) is 28.4 Å². The van der Waals surface area contributed by atoms with Gasteiger partial charge in [-0.2, -0.15) is 9.97 Å². The van der Waals surface area contributed by atoms with E-state index in [1.807, 2.05) is 0 Å². The maximum Gasteiger partial charge on any atom is 0.586 e. The first-order valence-electron chi connectivity index (χ1n) is 8.74. The molecule has 3 N–H and O–H groups in total. The van der Waals surface area contributed by atoms with Gasteiger partial charge in [-0.05, 0) is 31.2 Å². The van der Waals surface area contributed by atoms with E-state index in [0.717, 1.165) is 0 Å². The third-order valence-corrected chi connectivity index (χ3v) is 4.39. The average Bonchev–Trinajstić information content (AvgIpc) is 3.14. The van der Waals surface area contributed by atoms with E-state index in [-0.39, 0.29) is 23.3 Å². The van der Waals surface area contributed by atoms with Crippen molar-refractivity contribution in [1.29, 1.82) is 0 Å². The maximum absolute atomic E-state index is 13.8. The summed E-state index contributed by atoms with van der Waals surface area (Å²) in [7, 11) is 0. The van der Waals surface area contributed by atoms with Gasteiger partial charge in [0.15, 0.2) is 11.5 Å². The Morgan fingerprint density at radius 3 is 2.63 bits per heavy atom. The summed E-state index contributed by atoms with van der Waals surface area (Å²) in [5.41, 5.74) is 7.40. The zero-order valence-electron chi connectivity index (χ0n) is 15.4. The number of nitrogens with two attached hydrogens (primary N) is 1. The standard InChI is InChI=1S/C19H13F3N6O2/c1-9-24-12-4-2-10(20)6-13(12)28(9)18-26-16(23)8-17(27-18)25-11-3-5-14-15(7-11)30-19(21,22)29-14/h2-8H,1H3,(H3,23,25,26,27). The predicted octanol–water partition coefficient (Wildman–Crippen LogP) is 3.91. The molecule has 5 rings (SSSR count). The molecule has 0 saturated carbocycles. The summed E-state index contributed by atoms with van der Waals surface area (Å²) in [6.07, 6.45) is -3.71. The second-order valence-corrected chi connectivity index (χ2v) is 6.56. The van der Waals surface area contributed by atoms with Crippen LogP contribution in [0.25, 0.3) is 17.0 Å². The highest BCUT2D eigenvalue weighted by Crippen LogP contribution is 2.42. The fraction of sp³-hybridized carbons (Fsp3) is 0.105. The van der Waals surface area contributed by atoms with Gasteiger partial charge in [0, 0.05) is 23.9 Å². The number of nitrogen functional groups attached to an aromatic ring is 1. The number of nitrogens with one attached hydrogen (secondary N) is 1. The molecule has 3 heterocycles. The highest BCUT2D eigenvalue weighted by atomic mass is 19.3. The Labute approximate surface area is 167 Å². The molecular formula is C19H13F3N6O2. The molecule has 11 heteroatoms. The van der Waals surface area contributed by atoms with E-state index < -0.39 is 12.1 Å². The van der Waals surface area contributed by atoms with Crippen LogP contribution in [0.5, 0.6) is 11.5 Å². The third-order valence-electron chi connectivity index (χ3n) is 4.39. The lowest BCUT2D eigenvalue weighted by atomic mass is 10.3. The average molecular weight is 414 g/mol. The van der Waals surface area contributed by atoms with Crippen molar-refractivity contribution in [2.75, 3.05) is 11.1 Å². The summed E-state index contributed by atoms with van der Waals surface area (Å²) >= 11 is 0. The van der Waals surface area contributed by atoms with Gasteiger partial charge in [-0.3, -0.25) is 4.57 Å². The lowest BCUT2D eigenvalue weighted by molar-refractivity contribution is -0.286. The predicted molar refractivity (Wildman–Crippen MR) is 102 cm³/mol. The van der Waals surface area contributed by atoms with E-state index >= 15 is 0 Å². The van der Waals surface area contributed by atoms with Crippen LogP contribution in [0.15, 0.2) is 42.5 Å². The number of nitrogens with zero attached hydrogens (tertiary/aromatic N) is 4. The first kappa shape index (κ1) is 18.0. The Hall–Kier alpha value is -4.02. The Kier molecular flexibility index (Phi) is 3.75. The van der Waals surface area contributed by atoms with Crippen molar-refractivity contribution in [3.8, 4) is 17.4 Å². The number of hydrogen-bond acceptors (Lipinski definition) is 7. The molecule has 2 aromatic carbocycles. The second kappa shape index (κ2) is 6.24. The minimum atomic E-state index is -3.71. The SMILES string of the molecule is Cc1nc2ccc(F)cc2n1-c1nc(N)cc(Nc2ccc3c(c2)OC(F)(F)O3)n1. The summed E-state index contributed by atoms with van der Waals surface area (Å²) in [6, 6.07) is 9.89. The van der Waals surface area contributed by atoms with Crippen LogP contribution in [-0.4, -0.2) is 25.8 Å². The summed E-state index contributed by atoms with van der Waals surface area (Å²) in [6.45, 7) is 1.73. The van der Waals surface area contributed by atoms with Gasteiger partial charge in [0.05, 0.1) is 11.0 Å². The molecule has 0 fully saturated rings. The molecule has 0 bridgehead atoms. The third kappa shape index (κ3) is 3.09. The van der Waals surface area contributed by atoms with Crippen LogP contribution < -0.4 is 20.5 Å². The van der Waals surface area contributed by atoms with Crippen LogP contribution in [0.4, 0.5) is 30.5 Å². The van der Waals surface area contributed by atoms with Gasteiger partial charge in [0.2, 0.25) is 5.95 Å². The van der Waals surface area contributed by atoms with Crippen molar-refractivity contribution in [3.05, 3.63) is 54.1 Å². The number of halogens is 3. The van der Waals surface area contributed by atoms with Gasteiger partial charge in [0.1, 0.15) is 23.3 Å².